The lowest BCUT2D eigenvalue weighted by Gasteiger charge is -2.07. The van der Waals surface area contributed by atoms with Crippen LogP contribution in [0.15, 0.2) is 24.4 Å². The number of pyridine rings is 1. The van der Waals surface area contributed by atoms with Crippen LogP contribution in [-0.4, -0.2) is 25.2 Å². The lowest BCUT2D eigenvalue weighted by atomic mass is 10.1. The minimum atomic E-state index is -0.494. The Balaban J connectivity index is 2.60. The molecule has 0 aliphatic rings. The number of methoxy groups -OCH3 is 2. The molecule has 0 radical (unpaired) electrons. The van der Waals surface area contributed by atoms with E-state index in [-0.39, 0.29) is 5.56 Å². The summed E-state index contributed by atoms with van der Waals surface area (Å²) in [5, 5.41) is 1.07. The molecule has 94 valence electrons. The van der Waals surface area contributed by atoms with Crippen LogP contribution in [0.5, 0.6) is 0 Å². The first-order valence-electron chi connectivity index (χ1n) is 5.31. The van der Waals surface area contributed by atoms with Crippen molar-refractivity contribution in [3.63, 3.8) is 0 Å². The molecule has 0 amide bonds. The third-order valence-corrected chi connectivity index (χ3v) is 2.99. The van der Waals surface area contributed by atoms with E-state index in [0.29, 0.717) is 17.0 Å². The van der Waals surface area contributed by atoms with E-state index < -0.39 is 5.97 Å². The highest BCUT2D eigenvalue weighted by atomic mass is 35.5. The Morgan fingerprint density at radius 2 is 2.17 bits per heavy atom. The molecule has 0 fully saturated rings. The van der Waals surface area contributed by atoms with Crippen molar-refractivity contribution >= 4 is 28.5 Å². The lowest BCUT2D eigenvalue weighted by Crippen LogP contribution is -2.03. The molecule has 0 aliphatic carbocycles. The summed E-state index contributed by atoms with van der Waals surface area (Å²) in [4.78, 5) is 15.7. The molecule has 5 heteroatoms. The fraction of sp³-hybridized carbons (Fsp3) is 0.231. The third kappa shape index (κ3) is 2.30. The Morgan fingerprint density at radius 1 is 1.39 bits per heavy atom. The zero-order valence-corrected chi connectivity index (χ0v) is 10.8. The van der Waals surface area contributed by atoms with Gasteiger partial charge in [0.05, 0.1) is 29.8 Å². The summed E-state index contributed by atoms with van der Waals surface area (Å²) in [5.74, 6) is -0.494. The fourth-order valence-corrected chi connectivity index (χ4v) is 1.99. The average molecular weight is 266 g/mol. The van der Waals surface area contributed by atoms with Gasteiger partial charge >= 0.3 is 5.97 Å². The summed E-state index contributed by atoms with van der Waals surface area (Å²) in [6.45, 7) is 0.481. The molecule has 18 heavy (non-hydrogen) atoms. The first kappa shape index (κ1) is 12.8. The van der Waals surface area contributed by atoms with Crippen molar-refractivity contribution in [2.45, 2.75) is 6.61 Å². The molecule has 0 saturated heterocycles. The minimum absolute atomic E-state index is 0.265. The van der Waals surface area contributed by atoms with Crippen LogP contribution >= 0.6 is 11.6 Å². The van der Waals surface area contributed by atoms with Gasteiger partial charge in [0.15, 0.2) is 0 Å². The molecule has 0 aliphatic heterocycles. The molecule has 1 aromatic heterocycles. The Hall–Kier alpha value is -1.65. The van der Waals surface area contributed by atoms with Crippen molar-refractivity contribution in [3.8, 4) is 0 Å². The molecule has 0 saturated carbocycles. The summed E-state index contributed by atoms with van der Waals surface area (Å²) in [5.41, 5.74) is 1.96. The number of halogens is 1. The quantitative estimate of drug-likeness (QED) is 0.801. The van der Waals surface area contributed by atoms with Crippen LogP contribution in [0.2, 0.25) is 5.02 Å². The second-order valence-electron chi connectivity index (χ2n) is 3.76. The van der Waals surface area contributed by atoms with Crippen LogP contribution < -0.4 is 0 Å². The van der Waals surface area contributed by atoms with E-state index in [1.165, 1.54) is 13.3 Å². The number of esters is 1. The van der Waals surface area contributed by atoms with Gasteiger partial charge in [-0.25, -0.2) is 4.79 Å². The van der Waals surface area contributed by atoms with E-state index in [1.54, 1.807) is 7.11 Å². The molecular weight excluding hydrogens is 254 g/mol. The number of rotatable bonds is 3. The van der Waals surface area contributed by atoms with Gasteiger partial charge in [0.2, 0.25) is 0 Å². The summed E-state index contributed by atoms with van der Waals surface area (Å²) in [7, 11) is 2.93. The number of hydrogen-bond acceptors (Lipinski definition) is 4. The maximum atomic E-state index is 11.5. The smallest absolute Gasteiger partial charge is 0.340 e. The van der Waals surface area contributed by atoms with Crippen LogP contribution in [0.4, 0.5) is 0 Å². The largest absolute Gasteiger partial charge is 0.465 e. The van der Waals surface area contributed by atoms with E-state index in [0.717, 1.165) is 11.1 Å². The van der Waals surface area contributed by atoms with Crippen LogP contribution in [-0.2, 0) is 16.1 Å². The second kappa shape index (κ2) is 5.33. The second-order valence-corrected chi connectivity index (χ2v) is 4.14. The molecule has 0 N–H and O–H groups in total. The lowest BCUT2D eigenvalue weighted by molar-refractivity contribution is 0.0600. The van der Waals surface area contributed by atoms with Gasteiger partial charge in [0.1, 0.15) is 0 Å². The Labute approximate surface area is 109 Å². The number of nitrogens with zero attached hydrogens (tertiary/aromatic N) is 1. The number of fused-ring (bicyclic) bond motifs is 1. The Bertz CT molecular complexity index is 598. The zero-order valence-electron chi connectivity index (χ0n) is 10.1. The molecule has 0 unspecified atom stereocenters. The molecule has 2 rings (SSSR count). The average Bonchev–Trinajstić information content (AvgIpc) is 2.39. The van der Waals surface area contributed by atoms with Crippen LogP contribution in [0, 0.1) is 0 Å². The molecule has 4 nitrogen and oxygen atoms in total. The summed E-state index contributed by atoms with van der Waals surface area (Å²) in [6, 6.07) is 5.62. The summed E-state index contributed by atoms with van der Waals surface area (Å²) < 4.78 is 9.72. The highest BCUT2D eigenvalue weighted by Crippen LogP contribution is 2.27. The van der Waals surface area contributed by atoms with Crippen molar-refractivity contribution < 1.29 is 14.3 Å². The number of benzene rings is 1. The van der Waals surface area contributed by atoms with Gasteiger partial charge < -0.3 is 9.47 Å². The fourth-order valence-electron chi connectivity index (χ4n) is 1.72. The number of aromatic nitrogens is 1. The predicted octanol–water partition coefficient (Wildman–Crippen LogP) is 2.82. The van der Waals surface area contributed by atoms with Crippen molar-refractivity contribution in [2.24, 2.45) is 0 Å². The number of hydrogen-bond donors (Lipinski definition) is 0. The molecule has 1 aromatic carbocycles. The normalized spacial score (nSPS) is 10.6. The van der Waals surface area contributed by atoms with E-state index in [2.05, 4.69) is 9.72 Å². The molecule has 1 heterocycles. The van der Waals surface area contributed by atoms with Gasteiger partial charge in [-0.05, 0) is 17.7 Å². The van der Waals surface area contributed by atoms with Gasteiger partial charge in [0.25, 0.3) is 0 Å². The van der Waals surface area contributed by atoms with Crippen molar-refractivity contribution in [3.05, 3.63) is 40.5 Å². The Morgan fingerprint density at radius 3 is 2.83 bits per heavy atom. The monoisotopic (exact) mass is 265 g/mol. The number of carbonyl (C=O) groups is 1. The van der Waals surface area contributed by atoms with Crippen LogP contribution in [0.3, 0.4) is 0 Å². The number of carbonyl (C=O) groups excluding carboxylic acids is 1. The van der Waals surface area contributed by atoms with Gasteiger partial charge in [-0.1, -0.05) is 17.7 Å². The van der Waals surface area contributed by atoms with E-state index in [1.807, 2.05) is 18.2 Å². The topological polar surface area (TPSA) is 48.4 Å². The third-order valence-electron chi connectivity index (χ3n) is 2.58. The Kier molecular flexibility index (Phi) is 3.79. The van der Waals surface area contributed by atoms with Crippen molar-refractivity contribution in [1.82, 2.24) is 4.98 Å². The van der Waals surface area contributed by atoms with Gasteiger partial charge in [-0.3, -0.25) is 4.98 Å². The van der Waals surface area contributed by atoms with E-state index >= 15 is 0 Å². The minimum Gasteiger partial charge on any atom is -0.465 e. The molecule has 0 bridgehead atoms. The van der Waals surface area contributed by atoms with Crippen LogP contribution in [0.25, 0.3) is 10.9 Å². The van der Waals surface area contributed by atoms with Gasteiger partial charge in [-0.2, -0.15) is 0 Å². The maximum absolute atomic E-state index is 11.5. The first-order chi connectivity index (χ1) is 8.67. The zero-order chi connectivity index (χ0) is 13.1. The molecular formula is C13H12ClNO3. The van der Waals surface area contributed by atoms with Gasteiger partial charge in [-0.15, -0.1) is 0 Å². The molecule has 2 aromatic rings. The SMILES string of the molecule is COCc1ccc2ncc(C(=O)OC)c(Cl)c2c1. The summed E-state index contributed by atoms with van der Waals surface area (Å²) in [6.07, 6.45) is 1.42. The van der Waals surface area contributed by atoms with Gasteiger partial charge in [0, 0.05) is 18.7 Å². The van der Waals surface area contributed by atoms with E-state index in [4.69, 9.17) is 16.3 Å². The van der Waals surface area contributed by atoms with Crippen LogP contribution in [0.1, 0.15) is 15.9 Å². The number of ether oxygens (including phenoxy) is 2. The van der Waals surface area contributed by atoms with Crippen molar-refractivity contribution in [1.29, 1.82) is 0 Å². The highest BCUT2D eigenvalue weighted by Gasteiger charge is 2.14. The van der Waals surface area contributed by atoms with E-state index in [9.17, 15) is 4.79 Å². The van der Waals surface area contributed by atoms with Crippen molar-refractivity contribution in [2.75, 3.05) is 14.2 Å². The molecule has 0 spiro atoms. The summed E-state index contributed by atoms with van der Waals surface area (Å²) >= 11 is 6.21. The standard InChI is InChI=1S/C13H12ClNO3/c1-17-7-8-3-4-11-9(5-8)12(14)10(6-15-11)13(16)18-2/h3-6H,7H2,1-2H3. The molecule has 0 atom stereocenters. The maximum Gasteiger partial charge on any atom is 0.340 e. The predicted molar refractivity (Wildman–Crippen MR) is 68.8 cm³/mol. The first-order valence-corrected chi connectivity index (χ1v) is 5.69. The highest BCUT2D eigenvalue weighted by molar-refractivity contribution is 6.38.